The van der Waals surface area contributed by atoms with Crippen LogP contribution in [-0.4, -0.2) is 18.0 Å². The van der Waals surface area contributed by atoms with Crippen LogP contribution in [0, 0.1) is 0 Å². The van der Waals surface area contributed by atoms with Crippen LogP contribution in [0.2, 0.25) is 0 Å². The smallest absolute Gasteiger partial charge is 0.240 e. The number of carbonyl (C=O) groups is 1. The Balaban J connectivity index is 2.27. The highest BCUT2D eigenvalue weighted by molar-refractivity contribution is 5.89. The van der Waals surface area contributed by atoms with Gasteiger partial charge in [-0.25, -0.2) is 0 Å². The Kier molecular flexibility index (Phi) is 2.00. The summed E-state index contributed by atoms with van der Waals surface area (Å²) < 4.78 is 0. The van der Waals surface area contributed by atoms with Crippen LogP contribution in [0.5, 0.6) is 0 Å². The molecule has 0 aromatic heterocycles. The fourth-order valence-electron chi connectivity index (χ4n) is 0.769. The quantitative estimate of drug-likeness (QED) is 0.569. The minimum atomic E-state index is -0.546. The zero-order valence-electron chi connectivity index (χ0n) is 6.81. The van der Waals surface area contributed by atoms with Gasteiger partial charge < -0.3 is 11.1 Å². The normalized spacial score (nSPS) is 19.1. The molecule has 3 nitrogen and oxygen atoms in total. The molecule has 0 radical (unpaired) electrons. The summed E-state index contributed by atoms with van der Waals surface area (Å²) in [6.45, 7) is 6.08. The molecule has 1 aliphatic rings. The first kappa shape index (κ1) is 8.27. The van der Waals surface area contributed by atoms with E-state index in [2.05, 4.69) is 11.9 Å². The molecule has 62 valence electrons. The van der Waals surface area contributed by atoms with Crippen LogP contribution in [0.4, 0.5) is 0 Å². The SMILES string of the molecule is C=C(C)CNC(=O)C1(N)CC1. The average Bonchev–Trinajstić information content (AvgIpc) is 2.64. The van der Waals surface area contributed by atoms with Crippen molar-refractivity contribution < 1.29 is 4.79 Å². The number of carbonyl (C=O) groups excluding carboxylic acids is 1. The molecule has 0 spiro atoms. The molecule has 0 aliphatic heterocycles. The molecule has 1 saturated carbocycles. The van der Waals surface area contributed by atoms with Crippen molar-refractivity contribution in [3.8, 4) is 0 Å². The first-order chi connectivity index (χ1) is 5.04. The van der Waals surface area contributed by atoms with Crippen LogP contribution in [0.3, 0.4) is 0 Å². The van der Waals surface area contributed by atoms with Crippen molar-refractivity contribution in [2.75, 3.05) is 6.54 Å². The molecular weight excluding hydrogens is 140 g/mol. The minimum Gasteiger partial charge on any atom is -0.351 e. The first-order valence-electron chi connectivity index (χ1n) is 3.76. The largest absolute Gasteiger partial charge is 0.351 e. The minimum absolute atomic E-state index is 0.0412. The van der Waals surface area contributed by atoms with E-state index >= 15 is 0 Å². The van der Waals surface area contributed by atoms with E-state index < -0.39 is 5.54 Å². The van der Waals surface area contributed by atoms with E-state index in [4.69, 9.17) is 5.73 Å². The Morgan fingerprint density at radius 2 is 2.27 bits per heavy atom. The Morgan fingerprint density at radius 3 is 2.64 bits per heavy atom. The van der Waals surface area contributed by atoms with Crippen LogP contribution >= 0.6 is 0 Å². The lowest BCUT2D eigenvalue weighted by molar-refractivity contribution is -0.123. The topological polar surface area (TPSA) is 55.1 Å². The fourth-order valence-corrected chi connectivity index (χ4v) is 0.769. The molecular formula is C8H14N2O. The summed E-state index contributed by atoms with van der Waals surface area (Å²) in [6, 6.07) is 0. The second-order valence-corrected chi connectivity index (χ2v) is 3.30. The lowest BCUT2D eigenvalue weighted by atomic mass is 10.2. The standard InChI is InChI=1S/C8H14N2O/c1-6(2)5-10-7(11)8(9)3-4-8/h1,3-5,9H2,2H3,(H,10,11). The molecule has 0 aromatic rings. The van der Waals surface area contributed by atoms with Crippen molar-refractivity contribution >= 4 is 5.91 Å². The summed E-state index contributed by atoms with van der Waals surface area (Å²) in [4.78, 5) is 11.2. The van der Waals surface area contributed by atoms with Gasteiger partial charge in [-0.3, -0.25) is 4.79 Å². The van der Waals surface area contributed by atoms with Crippen LogP contribution in [0.1, 0.15) is 19.8 Å². The van der Waals surface area contributed by atoms with Gasteiger partial charge in [0.05, 0.1) is 5.54 Å². The third kappa shape index (κ3) is 2.05. The number of hydrogen-bond acceptors (Lipinski definition) is 2. The summed E-state index contributed by atoms with van der Waals surface area (Å²) in [7, 11) is 0. The number of amides is 1. The molecule has 0 atom stereocenters. The van der Waals surface area contributed by atoms with Crippen LogP contribution < -0.4 is 11.1 Å². The molecule has 0 heterocycles. The van der Waals surface area contributed by atoms with E-state index in [1.165, 1.54) is 0 Å². The van der Waals surface area contributed by atoms with Crippen molar-refractivity contribution in [2.45, 2.75) is 25.3 Å². The molecule has 1 rings (SSSR count). The summed E-state index contributed by atoms with van der Waals surface area (Å²) in [6.07, 6.45) is 1.63. The average molecular weight is 154 g/mol. The van der Waals surface area contributed by atoms with Crippen molar-refractivity contribution in [1.82, 2.24) is 5.32 Å². The van der Waals surface area contributed by atoms with Gasteiger partial charge in [0.25, 0.3) is 0 Å². The molecule has 3 N–H and O–H groups in total. The fraction of sp³-hybridized carbons (Fsp3) is 0.625. The number of nitrogens with two attached hydrogens (primary N) is 1. The second kappa shape index (κ2) is 2.66. The third-order valence-corrected chi connectivity index (χ3v) is 1.79. The Morgan fingerprint density at radius 1 is 1.73 bits per heavy atom. The highest BCUT2D eigenvalue weighted by Gasteiger charge is 2.45. The molecule has 0 unspecified atom stereocenters. The lowest BCUT2D eigenvalue weighted by Crippen LogP contribution is -2.43. The summed E-state index contributed by atoms with van der Waals surface area (Å²) in [5, 5.41) is 2.72. The number of rotatable bonds is 3. The van der Waals surface area contributed by atoms with Gasteiger partial charge in [0, 0.05) is 6.54 Å². The first-order valence-corrected chi connectivity index (χ1v) is 3.76. The van der Waals surface area contributed by atoms with Gasteiger partial charge in [-0.2, -0.15) is 0 Å². The molecule has 1 fully saturated rings. The molecule has 0 saturated heterocycles. The summed E-state index contributed by atoms with van der Waals surface area (Å²) in [5.41, 5.74) is 6.04. The van der Waals surface area contributed by atoms with Gasteiger partial charge in [0.1, 0.15) is 0 Å². The van der Waals surface area contributed by atoms with Crippen LogP contribution in [0.25, 0.3) is 0 Å². The maximum Gasteiger partial charge on any atom is 0.240 e. The monoisotopic (exact) mass is 154 g/mol. The molecule has 0 aromatic carbocycles. The predicted octanol–water partition coefficient (Wildman–Crippen LogP) is 0.170. The molecule has 3 heteroatoms. The molecule has 11 heavy (non-hydrogen) atoms. The Hall–Kier alpha value is -0.830. The van der Waals surface area contributed by atoms with E-state index in [1.54, 1.807) is 0 Å². The van der Waals surface area contributed by atoms with Gasteiger partial charge in [-0.05, 0) is 19.8 Å². The molecule has 1 aliphatic carbocycles. The van der Waals surface area contributed by atoms with Gasteiger partial charge in [-0.15, -0.1) is 0 Å². The highest BCUT2D eigenvalue weighted by Crippen LogP contribution is 2.31. The maximum absolute atomic E-state index is 11.2. The number of nitrogens with one attached hydrogen (secondary N) is 1. The van der Waals surface area contributed by atoms with E-state index in [0.717, 1.165) is 18.4 Å². The van der Waals surface area contributed by atoms with Crippen molar-refractivity contribution in [1.29, 1.82) is 0 Å². The van der Waals surface area contributed by atoms with E-state index in [-0.39, 0.29) is 5.91 Å². The Labute approximate surface area is 66.6 Å². The van der Waals surface area contributed by atoms with Crippen LogP contribution in [0.15, 0.2) is 12.2 Å². The zero-order chi connectivity index (χ0) is 8.48. The lowest BCUT2D eigenvalue weighted by Gasteiger charge is -2.08. The van der Waals surface area contributed by atoms with E-state index in [9.17, 15) is 4.79 Å². The predicted molar refractivity (Wildman–Crippen MR) is 44.0 cm³/mol. The maximum atomic E-state index is 11.2. The van der Waals surface area contributed by atoms with Gasteiger partial charge in [0.15, 0.2) is 0 Å². The van der Waals surface area contributed by atoms with Crippen molar-refractivity contribution in [2.24, 2.45) is 5.73 Å². The van der Waals surface area contributed by atoms with Gasteiger partial charge >= 0.3 is 0 Å². The van der Waals surface area contributed by atoms with Gasteiger partial charge in [-0.1, -0.05) is 12.2 Å². The molecule has 1 amide bonds. The van der Waals surface area contributed by atoms with Gasteiger partial charge in [0.2, 0.25) is 5.91 Å². The second-order valence-electron chi connectivity index (χ2n) is 3.30. The van der Waals surface area contributed by atoms with E-state index in [0.29, 0.717) is 6.54 Å². The highest BCUT2D eigenvalue weighted by atomic mass is 16.2. The summed E-state index contributed by atoms with van der Waals surface area (Å²) in [5.74, 6) is -0.0412. The van der Waals surface area contributed by atoms with Crippen molar-refractivity contribution in [3.05, 3.63) is 12.2 Å². The summed E-state index contributed by atoms with van der Waals surface area (Å²) >= 11 is 0. The van der Waals surface area contributed by atoms with Crippen LogP contribution in [-0.2, 0) is 4.79 Å². The Bertz CT molecular complexity index is 194. The van der Waals surface area contributed by atoms with E-state index in [1.807, 2.05) is 6.92 Å². The zero-order valence-corrected chi connectivity index (χ0v) is 6.81. The number of hydrogen-bond donors (Lipinski definition) is 2. The third-order valence-electron chi connectivity index (χ3n) is 1.79. The van der Waals surface area contributed by atoms with Crippen molar-refractivity contribution in [3.63, 3.8) is 0 Å². The molecule has 0 bridgehead atoms.